The van der Waals surface area contributed by atoms with E-state index in [4.69, 9.17) is 4.74 Å². The molecule has 1 aromatic rings. The Kier molecular flexibility index (Phi) is 13.7. The van der Waals surface area contributed by atoms with E-state index in [1.165, 1.54) is 0 Å². The molecule has 0 bridgehead atoms. The van der Waals surface area contributed by atoms with E-state index in [9.17, 15) is 4.79 Å². The first-order chi connectivity index (χ1) is 11.5. The number of halogens is 1. The van der Waals surface area contributed by atoms with Gasteiger partial charge in [-0.05, 0) is 13.3 Å². The van der Waals surface area contributed by atoms with Crippen LogP contribution in [0.1, 0.15) is 18.4 Å². The Morgan fingerprint density at radius 2 is 2.16 bits per heavy atom. The van der Waals surface area contributed by atoms with E-state index < -0.39 is 0 Å². The number of carbonyl (C=O) groups is 1. The minimum absolute atomic E-state index is 0. The van der Waals surface area contributed by atoms with Gasteiger partial charge < -0.3 is 19.9 Å². The SMILES string of the molecule is CCOCCCNC(=NCC(=O)N(C)C)N(C)CCc1nccs1.I. The Bertz CT molecular complexity index is 497. The second-order valence-corrected chi connectivity index (χ2v) is 6.48. The molecular weight excluding hydrogens is 453 g/mol. The van der Waals surface area contributed by atoms with E-state index in [0.717, 1.165) is 50.1 Å². The van der Waals surface area contributed by atoms with Crippen LogP contribution in [-0.2, 0) is 16.0 Å². The Hall–Kier alpha value is -0.940. The van der Waals surface area contributed by atoms with Crippen molar-refractivity contribution in [2.75, 3.05) is 54.0 Å². The lowest BCUT2D eigenvalue weighted by Gasteiger charge is -2.22. The quantitative estimate of drug-likeness (QED) is 0.238. The minimum atomic E-state index is -0.0167. The van der Waals surface area contributed by atoms with Crippen LogP contribution in [0.4, 0.5) is 0 Å². The molecule has 0 fully saturated rings. The van der Waals surface area contributed by atoms with Gasteiger partial charge in [0.05, 0.1) is 5.01 Å². The van der Waals surface area contributed by atoms with Crippen molar-refractivity contribution < 1.29 is 9.53 Å². The van der Waals surface area contributed by atoms with Crippen LogP contribution in [0.15, 0.2) is 16.6 Å². The number of nitrogens with one attached hydrogen (secondary N) is 1. The molecule has 0 aliphatic rings. The highest BCUT2D eigenvalue weighted by Gasteiger charge is 2.09. The van der Waals surface area contributed by atoms with Crippen molar-refractivity contribution >= 4 is 47.2 Å². The maximum absolute atomic E-state index is 11.8. The summed E-state index contributed by atoms with van der Waals surface area (Å²) in [6, 6.07) is 0. The predicted molar refractivity (Wildman–Crippen MR) is 114 cm³/mol. The lowest BCUT2D eigenvalue weighted by molar-refractivity contribution is -0.127. The summed E-state index contributed by atoms with van der Waals surface area (Å²) in [5, 5.41) is 6.39. The van der Waals surface area contributed by atoms with Gasteiger partial charge in [0.25, 0.3) is 0 Å². The monoisotopic (exact) mass is 483 g/mol. The average Bonchev–Trinajstić information content (AvgIpc) is 3.08. The molecule has 1 rings (SSSR count). The normalized spacial score (nSPS) is 11.0. The fourth-order valence-corrected chi connectivity index (χ4v) is 2.47. The highest BCUT2D eigenvalue weighted by molar-refractivity contribution is 14.0. The van der Waals surface area contributed by atoms with Gasteiger partial charge >= 0.3 is 0 Å². The highest BCUT2D eigenvalue weighted by Crippen LogP contribution is 2.05. The molecule has 0 radical (unpaired) electrons. The van der Waals surface area contributed by atoms with E-state index in [1.807, 2.05) is 30.4 Å². The standard InChI is InChI=1S/C16H29N5O2S.HI/c1-5-23-11-6-8-18-16(19-13-15(22)20(2)3)21(4)10-7-14-17-9-12-24-14;/h9,12H,5-8,10-11,13H2,1-4H3,(H,18,19);1H. The number of thiazole rings is 1. The molecule has 144 valence electrons. The molecule has 1 aromatic heterocycles. The molecule has 1 N–H and O–H groups in total. The average molecular weight is 483 g/mol. The summed E-state index contributed by atoms with van der Waals surface area (Å²) in [5.41, 5.74) is 0. The van der Waals surface area contributed by atoms with Gasteiger partial charge in [0.1, 0.15) is 6.54 Å². The van der Waals surface area contributed by atoms with Crippen LogP contribution in [-0.4, -0.2) is 80.6 Å². The Balaban J connectivity index is 0.00000576. The lowest BCUT2D eigenvalue weighted by atomic mass is 10.4. The Morgan fingerprint density at radius 1 is 1.40 bits per heavy atom. The summed E-state index contributed by atoms with van der Waals surface area (Å²) in [7, 11) is 5.44. The number of ether oxygens (including phenoxy) is 1. The van der Waals surface area contributed by atoms with Crippen LogP contribution >= 0.6 is 35.3 Å². The molecule has 0 aliphatic carbocycles. The number of aromatic nitrogens is 1. The molecule has 0 atom stereocenters. The van der Waals surface area contributed by atoms with Crippen LogP contribution in [0, 0.1) is 0 Å². The molecule has 0 saturated carbocycles. The molecular formula is C16H30IN5O2S. The molecule has 1 heterocycles. The van der Waals surface area contributed by atoms with Crippen LogP contribution in [0.25, 0.3) is 0 Å². The van der Waals surface area contributed by atoms with Gasteiger partial charge in [-0.1, -0.05) is 0 Å². The first-order valence-corrected chi connectivity index (χ1v) is 9.08. The number of guanidine groups is 1. The maximum atomic E-state index is 11.8. The maximum Gasteiger partial charge on any atom is 0.243 e. The number of rotatable bonds is 10. The van der Waals surface area contributed by atoms with E-state index in [2.05, 4.69) is 15.3 Å². The van der Waals surface area contributed by atoms with Crippen LogP contribution < -0.4 is 5.32 Å². The van der Waals surface area contributed by atoms with Crippen molar-refractivity contribution in [1.29, 1.82) is 0 Å². The van der Waals surface area contributed by atoms with Gasteiger partial charge in [-0.2, -0.15) is 0 Å². The van der Waals surface area contributed by atoms with Gasteiger partial charge in [-0.15, -0.1) is 35.3 Å². The third kappa shape index (κ3) is 10.6. The van der Waals surface area contributed by atoms with Gasteiger partial charge in [0, 0.05) is 65.4 Å². The summed E-state index contributed by atoms with van der Waals surface area (Å²) >= 11 is 1.65. The molecule has 0 saturated heterocycles. The van der Waals surface area contributed by atoms with Gasteiger partial charge in [-0.3, -0.25) is 4.79 Å². The van der Waals surface area contributed by atoms with Crippen molar-refractivity contribution in [1.82, 2.24) is 20.1 Å². The predicted octanol–water partition coefficient (Wildman–Crippen LogP) is 1.70. The number of likely N-dealkylation sites (N-methyl/N-ethyl adjacent to an activating group) is 2. The van der Waals surface area contributed by atoms with Crippen molar-refractivity contribution in [2.45, 2.75) is 19.8 Å². The first kappa shape index (κ1) is 24.1. The van der Waals surface area contributed by atoms with Gasteiger partial charge in [0.15, 0.2) is 5.96 Å². The molecule has 0 unspecified atom stereocenters. The fraction of sp³-hybridized carbons (Fsp3) is 0.688. The van der Waals surface area contributed by atoms with Crippen molar-refractivity contribution in [2.24, 2.45) is 4.99 Å². The zero-order chi connectivity index (χ0) is 17.8. The number of hydrogen-bond acceptors (Lipinski definition) is 5. The smallest absolute Gasteiger partial charge is 0.243 e. The van der Waals surface area contributed by atoms with E-state index in [1.54, 1.807) is 30.3 Å². The fourth-order valence-electron chi connectivity index (χ4n) is 1.86. The highest BCUT2D eigenvalue weighted by atomic mass is 127. The molecule has 25 heavy (non-hydrogen) atoms. The Morgan fingerprint density at radius 3 is 2.76 bits per heavy atom. The van der Waals surface area contributed by atoms with Crippen LogP contribution in [0.3, 0.4) is 0 Å². The second-order valence-electron chi connectivity index (χ2n) is 5.50. The van der Waals surface area contributed by atoms with Gasteiger partial charge in [0.2, 0.25) is 5.91 Å². The molecule has 7 nitrogen and oxygen atoms in total. The molecule has 0 aromatic carbocycles. The van der Waals surface area contributed by atoms with Crippen molar-refractivity contribution in [3.8, 4) is 0 Å². The summed E-state index contributed by atoms with van der Waals surface area (Å²) in [5.74, 6) is 0.718. The summed E-state index contributed by atoms with van der Waals surface area (Å²) in [6.45, 7) is 5.13. The third-order valence-corrected chi connectivity index (χ3v) is 4.16. The summed E-state index contributed by atoms with van der Waals surface area (Å²) in [6.07, 6.45) is 3.57. The van der Waals surface area contributed by atoms with Crippen molar-refractivity contribution in [3.05, 3.63) is 16.6 Å². The number of carbonyl (C=O) groups excluding carboxylic acids is 1. The molecule has 0 spiro atoms. The van der Waals surface area contributed by atoms with Crippen LogP contribution in [0.2, 0.25) is 0 Å². The zero-order valence-corrected chi connectivity index (χ0v) is 18.7. The minimum Gasteiger partial charge on any atom is -0.382 e. The van der Waals surface area contributed by atoms with E-state index in [-0.39, 0.29) is 36.4 Å². The molecule has 1 amide bonds. The number of aliphatic imine (C=N–C) groups is 1. The van der Waals surface area contributed by atoms with Gasteiger partial charge in [-0.25, -0.2) is 9.98 Å². The summed E-state index contributed by atoms with van der Waals surface area (Å²) < 4.78 is 5.34. The number of amides is 1. The second kappa shape index (κ2) is 14.3. The first-order valence-electron chi connectivity index (χ1n) is 8.20. The molecule has 0 aliphatic heterocycles. The zero-order valence-electron chi connectivity index (χ0n) is 15.5. The number of nitrogens with zero attached hydrogens (tertiary/aromatic N) is 4. The number of hydrogen-bond donors (Lipinski definition) is 1. The molecule has 9 heteroatoms. The van der Waals surface area contributed by atoms with E-state index in [0.29, 0.717) is 0 Å². The largest absolute Gasteiger partial charge is 0.382 e. The third-order valence-electron chi connectivity index (χ3n) is 3.32. The van der Waals surface area contributed by atoms with Crippen LogP contribution in [0.5, 0.6) is 0 Å². The Labute approximate surface area is 171 Å². The van der Waals surface area contributed by atoms with Crippen molar-refractivity contribution in [3.63, 3.8) is 0 Å². The van der Waals surface area contributed by atoms with E-state index >= 15 is 0 Å². The topological polar surface area (TPSA) is 70.1 Å². The lowest BCUT2D eigenvalue weighted by Crippen LogP contribution is -2.41. The summed E-state index contributed by atoms with van der Waals surface area (Å²) in [4.78, 5) is 24.1.